The smallest absolute Gasteiger partial charge is 0.243 e. The van der Waals surface area contributed by atoms with Gasteiger partial charge in [0, 0.05) is 30.6 Å². The number of benzene rings is 1. The van der Waals surface area contributed by atoms with Gasteiger partial charge in [-0.1, -0.05) is 12.1 Å². The van der Waals surface area contributed by atoms with Crippen molar-refractivity contribution in [2.75, 3.05) is 13.1 Å². The van der Waals surface area contributed by atoms with Crippen LogP contribution in [0.25, 0.3) is 0 Å². The van der Waals surface area contributed by atoms with Crippen LogP contribution >= 0.6 is 0 Å². The van der Waals surface area contributed by atoms with Crippen LogP contribution < -0.4 is 5.32 Å². The van der Waals surface area contributed by atoms with Crippen LogP contribution in [0.4, 0.5) is 0 Å². The number of hydrogen-bond donors (Lipinski definition) is 1. The molecule has 7 heteroatoms. The predicted octanol–water partition coefficient (Wildman–Crippen LogP) is 1.81. The molecule has 0 saturated carbocycles. The van der Waals surface area contributed by atoms with E-state index in [1.807, 2.05) is 13.8 Å². The summed E-state index contributed by atoms with van der Waals surface area (Å²) in [6.45, 7) is 5.90. The van der Waals surface area contributed by atoms with Crippen LogP contribution in [0.1, 0.15) is 44.0 Å². The number of carbonyl (C=O) groups is 2. The van der Waals surface area contributed by atoms with E-state index in [9.17, 15) is 18.0 Å². The minimum atomic E-state index is -3.59. The van der Waals surface area contributed by atoms with Gasteiger partial charge in [-0.05, 0) is 45.7 Å². The Bertz CT molecular complexity index is 703. The highest BCUT2D eigenvalue weighted by molar-refractivity contribution is 7.89. The first-order chi connectivity index (χ1) is 11.2. The maximum absolute atomic E-state index is 12.7. The summed E-state index contributed by atoms with van der Waals surface area (Å²) in [5, 5.41) is 2.88. The molecule has 1 aromatic rings. The normalized spacial score (nSPS) is 17.0. The number of Topliss-reactive ketones (excluding diaryl/α,β-unsaturated/α-hetero) is 1. The van der Waals surface area contributed by atoms with Crippen molar-refractivity contribution in [3.05, 3.63) is 29.8 Å². The molecule has 132 valence electrons. The van der Waals surface area contributed by atoms with Gasteiger partial charge in [-0.15, -0.1) is 0 Å². The van der Waals surface area contributed by atoms with Gasteiger partial charge < -0.3 is 5.32 Å². The molecule has 1 aliphatic rings. The zero-order valence-electron chi connectivity index (χ0n) is 14.3. The van der Waals surface area contributed by atoms with Gasteiger partial charge in [0.2, 0.25) is 15.9 Å². The minimum absolute atomic E-state index is 0.00661. The first kappa shape index (κ1) is 18.6. The average molecular weight is 352 g/mol. The lowest BCUT2D eigenvalue weighted by atomic mass is 9.97. The molecule has 0 atom stereocenters. The van der Waals surface area contributed by atoms with E-state index < -0.39 is 10.0 Å². The zero-order valence-corrected chi connectivity index (χ0v) is 15.1. The molecule has 1 aliphatic heterocycles. The Hall–Kier alpha value is -1.73. The van der Waals surface area contributed by atoms with E-state index in [-0.39, 0.29) is 28.5 Å². The van der Waals surface area contributed by atoms with Crippen LogP contribution in [-0.4, -0.2) is 43.5 Å². The Morgan fingerprint density at radius 1 is 1.12 bits per heavy atom. The second-order valence-electron chi connectivity index (χ2n) is 6.42. The van der Waals surface area contributed by atoms with Crippen LogP contribution in [0.15, 0.2) is 29.2 Å². The highest BCUT2D eigenvalue weighted by atomic mass is 32.2. The van der Waals surface area contributed by atoms with Crippen molar-refractivity contribution in [1.29, 1.82) is 0 Å². The number of nitrogens with zero attached hydrogens (tertiary/aromatic N) is 1. The third kappa shape index (κ3) is 4.21. The number of hydrogen-bond acceptors (Lipinski definition) is 4. The number of amides is 1. The fourth-order valence-electron chi connectivity index (χ4n) is 2.77. The van der Waals surface area contributed by atoms with Gasteiger partial charge in [0.1, 0.15) is 0 Å². The van der Waals surface area contributed by atoms with Gasteiger partial charge >= 0.3 is 0 Å². The van der Waals surface area contributed by atoms with Crippen molar-refractivity contribution < 1.29 is 18.0 Å². The van der Waals surface area contributed by atoms with Gasteiger partial charge in [-0.3, -0.25) is 9.59 Å². The molecular formula is C17H24N2O4S. The van der Waals surface area contributed by atoms with E-state index >= 15 is 0 Å². The fourth-order valence-corrected chi connectivity index (χ4v) is 4.24. The van der Waals surface area contributed by atoms with Crippen molar-refractivity contribution in [2.45, 2.75) is 44.6 Å². The number of carbonyl (C=O) groups excluding carboxylic acids is 2. The van der Waals surface area contributed by atoms with E-state index in [1.54, 1.807) is 0 Å². The molecule has 0 aromatic heterocycles. The van der Waals surface area contributed by atoms with E-state index in [2.05, 4.69) is 5.32 Å². The lowest BCUT2D eigenvalue weighted by Crippen LogP contribution is -2.44. The van der Waals surface area contributed by atoms with Gasteiger partial charge in [-0.25, -0.2) is 8.42 Å². The maximum atomic E-state index is 12.7. The van der Waals surface area contributed by atoms with Crippen LogP contribution in [0.5, 0.6) is 0 Å². The summed E-state index contributed by atoms with van der Waals surface area (Å²) >= 11 is 0. The highest BCUT2D eigenvalue weighted by Gasteiger charge is 2.32. The molecule has 0 radical (unpaired) electrons. The second-order valence-corrected chi connectivity index (χ2v) is 8.36. The summed E-state index contributed by atoms with van der Waals surface area (Å²) in [4.78, 5) is 23.5. The standard InChI is InChI=1S/C17H24N2O4S/c1-12(2)18-17(21)15-8-10-19(11-9-15)24(22,23)16-6-4-14(5-7-16)13(3)20/h4-7,12,15H,8-11H2,1-3H3,(H,18,21). The van der Waals surface area contributed by atoms with Crippen molar-refractivity contribution in [2.24, 2.45) is 5.92 Å². The fraction of sp³-hybridized carbons (Fsp3) is 0.529. The lowest BCUT2D eigenvalue weighted by molar-refractivity contribution is -0.126. The molecule has 1 heterocycles. The first-order valence-corrected chi connectivity index (χ1v) is 9.57. The number of ketones is 1. The zero-order chi connectivity index (χ0) is 17.9. The molecule has 1 saturated heterocycles. The van der Waals surface area contributed by atoms with Crippen LogP contribution in [0.2, 0.25) is 0 Å². The van der Waals surface area contributed by atoms with Gasteiger partial charge in [0.25, 0.3) is 0 Å². The number of nitrogens with one attached hydrogen (secondary N) is 1. The Morgan fingerprint density at radius 3 is 2.12 bits per heavy atom. The summed E-state index contributed by atoms with van der Waals surface area (Å²) in [6.07, 6.45) is 1.03. The molecule has 1 fully saturated rings. The van der Waals surface area contributed by atoms with E-state index in [0.717, 1.165) is 0 Å². The molecule has 24 heavy (non-hydrogen) atoms. The molecule has 1 N–H and O–H groups in total. The Morgan fingerprint density at radius 2 is 1.67 bits per heavy atom. The van der Waals surface area contributed by atoms with Crippen molar-refractivity contribution >= 4 is 21.7 Å². The van der Waals surface area contributed by atoms with E-state index in [4.69, 9.17) is 0 Å². The molecule has 6 nitrogen and oxygen atoms in total. The van der Waals surface area contributed by atoms with Gasteiger partial charge in [0.05, 0.1) is 4.90 Å². The third-order valence-electron chi connectivity index (χ3n) is 4.15. The summed E-state index contributed by atoms with van der Waals surface area (Å²) in [5.74, 6) is -0.247. The Kier molecular flexibility index (Phi) is 5.77. The second kappa shape index (κ2) is 7.44. The van der Waals surface area contributed by atoms with E-state index in [0.29, 0.717) is 31.5 Å². The number of sulfonamides is 1. The first-order valence-electron chi connectivity index (χ1n) is 8.13. The van der Waals surface area contributed by atoms with Crippen LogP contribution in [0.3, 0.4) is 0 Å². The van der Waals surface area contributed by atoms with E-state index in [1.165, 1.54) is 35.5 Å². The monoisotopic (exact) mass is 352 g/mol. The van der Waals surface area contributed by atoms with Crippen molar-refractivity contribution in [3.8, 4) is 0 Å². The molecule has 0 bridgehead atoms. The minimum Gasteiger partial charge on any atom is -0.354 e. The third-order valence-corrected chi connectivity index (χ3v) is 6.07. The summed E-state index contributed by atoms with van der Waals surface area (Å²) in [5.41, 5.74) is 0.484. The maximum Gasteiger partial charge on any atom is 0.243 e. The molecular weight excluding hydrogens is 328 g/mol. The topological polar surface area (TPSA) is 83.6 Å². The summed E-state index contributed by atoms with van der Waals surface area (Å²) in [6, 6.07) is 6.06. The largest absolute Gasteiger partial charge is 0.354 e. The summed E-state index contributed by atoms with van der Waals surface area (Å²) < 4.78 is 26.7. The predicted molar refractivity (Wildman–Crippen MR) is 91.2 cm³/mol. The quantitative estimate of drug-likeness (QED) is 0.819. The Balaban J connectivity index is 2.04. The SMILES string of the molecule is CC(=O)c1ccc(S(=O)(=O)N2CCC(C(=O)NC(C)C)CC2)cc1. The lowest BCUT2D eigenvalue weighted by Gasteiger charge is -2.31. The highest BCUT2D eigenvalue weighted by Crippen LogP contribution is 2.24. The van der Waals surface area contributed by atoms with Crippen molar-refractivity contribution in [1.82, 2.24) is 9.62 Å². The van der Waals surface area contributed by atoms with Gasteiger partial charge in [-0.2, -0.15) is 4.31 Å². The molecule has 1 aromatic carbocycles. The Labute approximate surface area is 143 Å². The van der Waals surface area contributed by atoms with Crippen molar-refractivity contribution in [3.63, 3.8) is 0 Å². The number of rotatable bonds is 5. The average Bonchev–Trinajstić information content (AvgIpc) is 2.54. The van der Waals surface area contributed by atoms with Crippen LogP contribution in [0, 0.1) is 5.92 Å². The molecule has 0 aliphatic carbocycles. The van der Waals surface area contributed by atoms with Crippen LogP contribution in [-0.2, 0) is 14.8 Å². The molecule has 1 amide bonds. The molecule has 2 rings (SSSR count). The molecule has 0 spiro atoms. The number of piperidine rings is 1. The van der Waals surface area contributed by atoms with Gasteiger partial charge in [0.15, 0.2) is 5.78 Å². The molecule has 0 unspecified atom stereocenters. The summed E-state index contributed by atoms with van der Waals surface area (Å²) in [7, 11) is -3.59.